The smallest absolute Gasteiger partial charge is 0.416 e. The number of alkyl halides is 3. The van der Waals surface area contributed by atoms with Crippen LogP contribution in [-0.2, 0) is 25.3 Å². The molecule has 1 atom stereocenters. The third kappa shape index (κ3) is 3.41. The van der Waals surface area contributed by atoms with Crippen LogP contribution in [0.1, 0.15) is 11.1 Å². The number of hydrogen-bond acceptors (Lipinski definition) is 6. The molecule has 2 aliphatic rings. The van der Waals surface area contributed by atoms with Gasteiger partial charge < -0.3 is 15.4 Å². The number of carbonyl (C=O) groups is 3. The first-order valence-corrected chi connectivity index (χ1v) is 10.8. The van der Waals surface area contributed by atoms with Gasteiger partial charge in [0, 0.05) is 5.69 Å². The van der Waals surface area contributed by atoms with E-state index in [0.29, 0.717) is 23.0 Å². The molecule has 0 saturated carbocycles. The van der Waals surface area contributed by atoms with Gasteiger partial charge in [0.15, 0.2) is 0 Å². The van der Waals surface area contributed by atoms with Crippen LogP contribution >= 0.6 is 0 Å². The lowest BCUT2D eigenvalue weighted by Crippen LogP contribution is -2.59. The van der Waals surface area contributed by atoms with Crippen molar-refractivity contribution in [2.24, 2.45) is 0 Å². The van der Waals surface area contributed by atoms with Crippen LogP contribution < -0.4 is 15.5 Å². The number of para-hydroxylation sites is 2. The number of benzene rings is 3. The van der Waals surface area contributed by atoms with Gasteiger partial charge in [-0.2, -0.15) is 13.2 Å². The molecule has 2 heterocycles. The summed E-state index contributed by atoms with van der Waals surface area (Å²) in [6.45, 7) is 0. The summed E-state index contributed by atoms with van der Waals surface area (Å²) in [5.41, 5.74) is -2.51. The minimum atomic E-state index is -4.72. The number of ether oxygens (including phenoxy) is 1. The van der Waals surface area contributed by atoms with E-state index in [1.54, 1.807) is 54.6 Å². The summed E-state index contributed by atoms with van der Waals surface area (Å²) in [4.78, 5) is 41.3. The first kappa shape index (κ1) is 23.2. The Bertz CT molecular complexity index is 1440. The number of anilines is 3. The quantitative estimate of drug-likeness (QED) is 0.415. The second kappa shape index (κ2) is 8.26. The first-order chi connectivity index (χ1) is 17.2. The third-order valence-corrected chi connectivity index (χ3v) is 6.05. The van der Waals surface area contributed by atoms with E-state index in [1.165, 1.54) is 6.07 Å². The van der Waals surface area contributed by atoms with Crippen LogP contribution in [0.5, 0.6) is 0 Å². The van der Waals surface area contributed by atoms with Gasteiger partial charge >= 0.3 is 18.1 Å². The second-order valence-corrected chi connectivity index (χ2v) is 8.13. The van der Waals surface area contributed by atoms with Gasteiger partial charge in [-0.3, -0.25) is 14.5 Å². The maximum atomic E-state index is 13.6. The van der Waals surface area contributed by atoms with Crippen molar-refractivity contribution < 1.29 is 32.3 Å². The molecule has 3 aromatic rings. The van der Waals surface area contributed by atoms with Gasteiger partial charge in [0.1, 0.15) is 0 Å². The van der Waals surface area contributed by atoms with Gasteiger partial charge in [-0.05, 0) is 35.9 Å². The molecule has 1 fully saturated rings. The molecule has 36 heavy (non-hydrogen) atoms. The van der Waals surface area contributed by atoms with Crippen molar-refractivity contribution in [3.05, 3.63) is 95.6 Å². The van der Waals surface area contributed by atoms with Gasteiger partial charge in [0.2, 0.25) is 0 Å². The number of hydrogen-bond donors (Lipinski definition) is 2. The second-order valence-electron chi connectivity index (χ2n) is 8.13. The fourth-order valence-electron chi connectivity index (χ4n) is 4.49. The Morgan fingerprint density at radius 1 is 0.917 bits per heavy atom. The van der Waals surface area contributed by atoms with Crippen molar-refractivity contribution in [1.82, 2.24) is 0 Å². The highest BCUT2D eigenvalue weighted by molar-refractivity contribution is 6.55. The number of carbonyl (C=O) groups excluding carboxylic acids is 3. The molecule has 0 spiro atoms. The molecule has 2 N–H and O–H groups in total. The van der Waals surface area contributed by atoms with E-state index >= 15 is 0 Å². The lowest BCUT2D eigenvalue weighted by atomic mass is 9.93. The number of Topliss-reactive ketones (excluding diaryl/α,β-unsaturated/α-hetero) is 1. The molecular formula is C26H18F3N3O4. The molecule has 0 aromatic heterocycles. The highest BCUT2D eigenvalue weighted by Crippen LogP contribution is 2.47. The third-order valence-electron chi connectivity index (χ3n) is 6.05. The van der Waals surface area contributed by atoms with Crippen molar-refractivity contribution in [3.63, 3.8) is 0 Å². The number of nitrogens with one attached hydrogen (secondary N) is 2. The van der Waals surface area contributed by atoms with Crippen LogP contribution in [0.15, 0.2) is 84.4 Å². The molecule has 2 aliphatic heterocycles. The number of halogens is 3. The minimum Gasteiger partial charge on any atom is -0.466 e. The van der Waals surface area contributed by atoms with Crippen LogP contribution in [0.3, 0.4) is 0 Å². The van der Waals surface area contributed by atoms with Gasteiger partial charge in [-0.15, -0.1) is 0 Å². The molecule has 10 heteroatoms. The molecule has 182 valence electrons. The van der Waals surface area contributed by atoms with Crippen LogP contribution in [0.4, 0.5) is 30.2 Å². The lowest BCUT2D eigenvalue weighted by Gasteiger charge is -2.36. The number of ketones is 1. The topological polar surface area (TPSA) is 87.7 Å². The Kier molecular flexibility index (Phi) is 5.31. The predicted molar refractivity (Wildman–Crippen MR) is 126 cm³/mol. The van der Waals surface area contributed by atoms with Crippen molar-refractivity contribution >= 4 is 40.4 Å². The lowest BCUT2D eigenvalue weighted by molar-refractivity contribution is -0.145. The predicted octanol–water partition coefficient (Wildman–Crippen LogP) is 4.44. The van der Waals surface area contributed by atoms with Crippen LogP contribution in [-0.4, -0.2) is 30.4 Å². The van der Waals surface area contributed by atoms with Crippen LogP contribution in [0, 0.1) is 0 Å². The molecule has 1 unspecified atom stereocenters. The zero-order valence-corrected chi connectivity index (χ0v) is 18.7. The maximum absolute atomic E-state index is 13.6. The number of rotatable bonds is 3. The number of amides is 1. The van der Waals surface area contributed by atoms with E-state index in [4.69, 9.17) is 4.74 Å². The van der Waals surface area contributed by atoms with Gasteiger partial charge in [-0.25, -0.2) is 4.79 Å². The first-order valence-electron chi connectivity index (χ1n) is 10.8. The molecule has 0 aliphatic carbocycles. The summed E-state index contributed by atoms with van der Waals surface area (Å²) in [5.74, 6) is -3.30. The highest BCUT2D eigenvalue weighted by atomic mass is 19.4. The summed E-state index contributed by atoms with van der Waals surface area (Å²) in [7, 11) is 1.07. The molecule has 7 nitrogen and oxygen atoms in total. The molecule has 0 bridgehead atoms. The van der Waals surface area contributed by atoms with Crippen molar-refractivity contribution in [2.45, 2.75) is 11.8 Å². The summed E-state index contributed by atoms with van der Waals surface area (Å²) in [6, 6.07) is 19.1. The number of nitrogens with zero attached hydrogens (tertiary/aromatic N) is 1. The van der Waals surface area contributed by atoms with E-state index in [0.717, 1.165) is 24.1 Å². The van der Waals surface area contributed by atoms with Crippen molar-refractivity contribution in [2.75, 3.05) is 22.6 Å². The average molecular weight is 493 g/mol. The summed E-state index contributed by atoms with van der Waals surface area (Å²) < 4.78 is 45.7. The summed E-state index contributed by atoms with van der Waals surface area (Å²) >= 11 is 0. The van der Waals surface area contributed by atoms with E-state index in [9.17, 15) is 27.6 Å². The molecule has 5 rings (SSSR count). The molecule has 3 aromatic carbocycles. The van der Waals surface area contributed by atoms with Crippen molar-refractivity contribution in [3.8, 4) is 0 Å². The largest absolute Gasteiger partial charge is 0.466 e. The minimum absolute atomic E-state index is 0.145. The van der Waals surface area contributed by atoms with Gasteiger partial charge in [0.05, 0.1) is 35.3 Å². The Morgan fingerprint density at radius 3 is 2.25 bits per heavy atom. The molecular weight excluding hydrogens is 475 g/mol. The monoisotopic (exact) mass is 493 g/mol. The Balaban J connectivity index is 1.87. The van der Waals surface area contributed by atoms with Gasteiger partial charge in [-0.1, -0.05) is 48.5 Å². The SMILES string of the molecule is COC(=O)C12Nc3ccccc3NC(c3ccccc3)=C1C(=O)C(=O)N2c1cccc(C(F)(F)F)c1. The fourth-order valence-corrected chi connectivity index (χ4v) is 4.49. The fraction of sp³-hybridized carbons (Fsp3) is 0.115. The maximum Gasteiger partial charge on any atom is 0.416 e. The standard InChI is InChI=1S/C26H18F3N3O4/c1-36-24(35)25-20(22(33)23(34)32(25)17-11-7-10-16(14-17)26(27,28)29)21(15-8-3-2-4-9-15)30-18-12-5-6-13-19(18)31-25/h2-14,30-31H,1H3. The Morgan fingerprint density at radius 2 is 1.58 bits per heavy atom. The van der Waals surface area contributed by atoms with Gasteiger partial charge in [0.25, 0.3) is 11.4 Å². The summed E-state index contributed by atoms with van der Waals surface area (Å²) in [5, 5.41) is 6.10. The van der Waals surface area contributed by atoms with Crippen LogP contribution in [0.25, 0.3) is 5.70 Å². The zero-order chi connectivity index (χ0) is 25.7. The number of fused-ring (bicyclic) bond motifs is 2. The zero-order valence-electron chi connectivity index (χ0n) is 18.7. The average Bonchev–Trinajstić information content (AvgIpc) is 3.00. The molecule has 0 radical (unpaired) electrons. The van der Waals surface area contributed by atoms with E-state index in [-0.39, 0.29) is 17.0 Å². The van der Waals surface area contributed by atoms with E-state index in [2.05, 4.69) is 10.6 Å². The van der Waals surface area contributed by atoms with Crippen LogP contribution in [0.2, 0.25) is 0 Å². The van der Waals surface area contributed by atoms with Crippen molar-refractivity contribution in [1.29, 1.82) is 0 Å². The summed E-state index contributed by atoms with van der Waals surface area (Å²) in [6.07, 6.45) is -4.72. The Labute approximate surface area is 203 Å². The normalized spacial score (nSPS) is 19.2. The number of esters is 1. The Hall–Kier alpha value is -4.60. The highest BCUT2D eigenvalue weighted by Gasteiger charge is 2.64. The van der Waals surface area contributed by atoms with E-state index < -0.39 is 35.1 Å². The molecule has 1 saturated heterocycles. The molecule has 1 amide bonds. The van der Waals surface area contributed by atoms with E-state index in [1.807, 2.05) is 0 Å². The number of methoxy groups -OCH3 is 1.